The van der Waals surface area contributed by atoms with Crippen LogP contribution in [0.5, 0.6) is 11.5 Å². The minimum atomic E-state index is -1.04. The lowest BCUT2D eigenvalue weighted by Crippen LogP contribution is -2.10. The fourth-order valence-corrected chi connectivity index (χ4v) is 2.35. The van der Waals surface area contributed by atoms with Crippen LogP contribution in [-0.4, -0.2) is 4.99 Å². The molecule has 0 saturated heterocycles. The van der Waals surface area contributed by atoms with E-state index in [4.69, 9.17) is 22.7 Å². The molecule has 0 aliphatic rings. The van der Waals surface area contributed by atoms with Crippen LogP contribution < -0.4 is 10.5 Å². The maximum Gasteiger partial charge on any atom is 0.201 e. The first-order valence-corrected chi connectivity index (χ1v) is 6.81. The number of hydrogen-bond donors (Lipinski definition) is 1. The first-order valence-electron chi connectivity index (χ1n) is 5.61. The summed E-state index contributed by atoms with van der Waals surface area (Å²) in [7, 11) is 0. The first-order chi connectivity index (χ1) is 9.38. The Balaban J connectivity index is 2.36. The van der Waals surface area contributed by atoms with Crippen LogP contribution in [0, 0.1) is 18.6 Å². The van der Waals surface area contributed by atoms with E-state index in [9.17, 15) is 8.78 Å². The second-order valence-electron chi connectivity index (χ2n) is 4.14. The Labute approximate surface area is 128 Å². The van der Waals surface area contributed by atoms with E-state index in [0.717, 1.165) is 11.6 Å². The number of aryl methyl sites for hydroxylation is 1. The van der Waals surface area contributed by atoms with E-state index in [2.05, 4.69) is 15.9 Å². The minimum Gasteiger partial charge on any atom is -0.454 e. The maximum atomic E-state index is 13.6. The second-order valence-corrected chi connectivity index (χ2v) is 5.50. The van der Waals surface area contributed by atoms with Crippen molar-refractivity contribution in [2.24, 2.45) is 5.73 Å². The quantitative estimate of drug-likeness (QED) is 0.650. The molecule has 0 saturated carbocycles. The van der Waals surface area contributed by atoms with E-state index in [1.807, 2.05) is 0 Å². The van der Waals surface area contributed by atoms with Crippen LogP contribution in [-0.2, 0) is 0 Å². The van der Waals surface area contributed by atoms with Gasteiger partial charge in [-0.15, -0.1) is 0 Å². The van der Waals surface area contributed by atoms with Gasteiger partial charge in [-0.3, -0.25) is 0 Å². The van der Waals surface area contributed by atoms with Gasteiger partial charge >= 0.3 is 0 Å². The lowest BCUT2D eigenvalue weighted by Gasteiger charge is -2.10. The molecule has 0 heterocycles. The predicted molar refractivity (Wildman–Crippen MR) is 81.2 cm³/mol. The van der Waals surface area contributed by atoms with Gasteiger partial charge in [0.1, 0.15) is 10.7 Å². The van der Waals surface area contributed by atoms with Crippen LogP contribution >= 0.6 is 28.1 Å². The number of halogens is 3. The monoisotopic (exact) mass is 357 g/mol. The van der Waals surface area contributed by atoms with Crippen LogP contribution in [0.4, 0.5) is 8.78 Å². The van der Waals surface area contributed by atoms with Crippen molar-refractivity contribution in [2.75, 3.05) is 0 Å². The lowest BCUT2D eigenvalue weighted by atomic mass is 10.1. The van der Waals surface area contributed by atoms with Gasteiger partial charge in [-0.2, -0.15) is 4.39 Å². The average Bonchev–Trinajstić information content (AvgIpc) is 2.35. The zero-order valence-electron chi connectivity index (χ0n) is 10.4. The highest BCUT2D eigenvalue weighted by Gasteiger charge is 2.13. The molecular weight excluding hydrogens is 348 g/mol. The molecule has 6 heteroatoms. The molecule has 2 N–H and O–H groups in total. The van der Waals surface area contributed by atoms with Crippen molar-refractivity contribution in [3.8, 4) is 11.5 Å². The summed E-state index contributed by atoms with van der Waals surface area (Å²) in [4.78, 5) is 0.272. The molecule has 0 atom stereocenters. The predicted octanol–water partition coefficient (Wildman–Crippen LogP) is 4.46. The molecule has 104 valence electrons. The fraction of sp³-hybridized carbons (Fsp3) is 0.0714. The zero-order valence-corrected chi connectivity index (χ0v) is 12.8. The Morgan fingerprint density at radius 2 is 1.95 bits per heavy atom. The molecule has 2 aromatic rings. The maximum absolute atomic E-state index is 13.6. The molecule has 2 rings (SSSR count). The lowest BCUT2D eigenvalue weighted by molar-refractivity contribution is 0.415. The zero-order chi connectivity index (χ0) is 14.9. The molecule has 0 radical (unpaired) electrons. The van der Waals surface area contributed by atoms with Crippen molar-refractivity contribution >= 4 is 33.1 Å². The van der Waals surface area contributed by atoms with Crippen LogP contribution in [0.2, 0.25) is 0 Å². The number of thiocarbonyl (C=S) groups is 1. The van der Waals surface area contributed by atoms with Gasteiger partial charge in [0.15, 0.2) is 11.6 Å². The topological polar surface area (TPSA) is 35.2 Å². The third-order valence-corrected chi connectivity index (χ3v) is 3.33. The summed E-state index contributed by atoms with van der Waals surface area (Å²) in [5.41, 5.74) is 7.07. The summed E-state index contributed by atoms with van der Waals surface area (Å²) in [6.07, 6.45) is 0. The first kappa shape index (κ1) is 14.9. The Bertz CT molecular complexity index is 691. The molecule has 0 aromatic heterocycles. The molecule has 0 fully saturated rings. The molecular formula is C14H10BrF2NOS. The van der Waals surface area contributed by atoms with Crippen molar-refractivity contribution < 1.29 is 13.5 Å². The van der Waals surface area contributed by atoms with Gasteiger partial charge in [0.25, 0.3) is 0 Å². The number of benzene rings is 2. The smallest absolute Gasteiger partial charge is 0.201 e. The highest BCUT2D eigenvalue weighted by molar-refractivity contribution is 9.10. The summed E-state index contributed by atoms with van der Waals surface area (Å²) in [5, 5.41) is 0. The van der Waals surface area contributed by atoms with Crippen molar-refractivity contribution in [3.05, 3.63) is 57.6 Å². The number of nitrogens with two attached hydrogens (primary N) is 1. The molecule has 0 spiro atoms. The third kappa shape index (κ3) is 3.13. The Morgan fingerprint density at radius 3 is 2.55 bits per heavy atom. The third-order valence-electron chi connectivity index (χ3n) is 2.65. The van der Waals surface area contributed by atoms with Crippen molar-refractivity contribution in [1.82, 2.24) is 0 Å². The summed E-state index contributed by atoms with van der Waals surface area (Å²) in [6, 6.07) is 7.32. The molecule has 0 aliphatic carbocycles. The van der Waals surface area contributed by atoms with Gasteiger partial charge in [-0.1, -0.05) is 28.1 Å². The largest absolute Gasteiger partial charge is 0.454 e. The highest BCUT2D eigenvalue weighted by Crippen LogP contribution is 2.30. The summed E-state index contributed by atoms with van der Waals surface area (Å²) < 4.78 is 32.6. The molecule has 2 nitrogen and oxygen atoms in total. The van der Waals surface area contributed by atoms with Crippen molar-refractivity contribution in [2.45, 2.75) is 6.92 Å². The SMILES string of the molecule is Cc1cc(Oc2cc(Br)cc(F)c2F)ccc1C(N)=S. The van der Waals surface area contributed by atoms with Crippen LogP contribution in [0.3, 0.4) is 0 Å². The van der Waals surface area contributed by atoms with Gasteiger partial charge in [0.2, 0.25) is 5.82 Å². The van der Waals surface area contributed by atoms with E-state index in [1.165, 1.54) is 6.07 Å². The van der Waals surface area contributed by atoms with Crippen LogP contribution in [0.1, 0.15) is 11.1 Å². The molecule has 0 bridgehead atoms. The highest BCUT2D eigenvalue weighted by atomic mass is 79.9. The van der Waals surface area contributed by atoms with E-state index in [-0.39, 0.29) is 10.7 Å². The molecule has 0 aliphatic heterocycles. The minimum absolute atomic E-state index is 0.195. The molecule has 2 aromatic carbocycles. The van der Waals surface area contributed by atoms with Gasteiger partial charge in [-0.05, 0) is 42.8 Å². The molecule has 0 amide bonds. The number of ether oxygens (including phenoxy) is 1. The van der Waals surface area contributed by atoms with Crippen LogP contribution in [0.25, 0.3) is 0 Å². The Morgan fingerprint density at radius 1 is 1.25 bits per heavy atom. The van der Waals surface area contributed by atoms with Gasteiger partial charge in [0.05, 0.1) is 0 Å². The number of rotatable bonds is 3. The van der Waals surface area contributed by atoms with Crippen molar-refractivity contribution in [1.29, 1.82) is 0 Å². The van der Waals surface area contributed by atoms with E-state index in [1.54, 1.807) is 25.1 Å². The molecule has 0 unspecified atom stereocenters. The average molecular weight is 358 g/mol. The second kappa shape index (κ2) is 5.85. The summed E-state index contributed by atoms with van der Waals surface area (Å²) in [6.45, 7) is 1.80. The summed E-state index contributed by atoms with van der Waals surface area (Å²) >= 11 is 7.98. The van der Waals surface area contributed by atoms with Crippen LogP contribution in [0.15, 0.2) is 34.8 Å². The van der Waals surface area contributed by atoms with Gasteiger partial charge in [0, 0.05) is 10.0 Å². The Kier molecular flexibility index (Phi) is 4.35. The molecule has 20 heavy (non-hydrogen) atoms. The van der Waals surface area contributed by atoms with E-state index < -0.39 is 11.6 Å². The fourth-order valence-electron chi connectivity index (χ4n) is 1.71. The Hall–Kier alpha value is -1.53. The normalized spacial score (nSPS) is 10.4. The van der Waals surface area contributed by atoms with E-state index in [0.29, 0.717) is 15.8 Å². The van der Waals surface area contributed by atoms with Gasteiger partial charge < -0.3 is 10.5 Å². The van der Waals surface area contributed by atoms with Crippen molar-refractivity contribution in [3.63, 3.8) is 0 Å². The van der Waals surface area contributed by atoms with E-state index >= 15 is 0 Å². The standard InChI is InChI=1S/C14H10BrF2NOS/c1-7-4-9(2-3-10(7)14(18)20)19-12-6-8(15)5-11(16)13(12)17/h2-6H,1H3,(H2,18,20). The number of hydrogen-bond acceptors (Lipinski definition) is 2. The summed E-state index contributed by atoms with van der Waals surface area (Å²) in [5.74, 6) is -1.84. The van der Waals surface area contributed by atoms with Gasteiger partial charge in [-0.25, -0.2) is 4.39 Å².